The predicted octanol–water partition coefficient (Wildman–Crippen LogP) is -0.734. The predicted molar refractivity (Wildman–Crippen MR) is 37.5 cm³/mol. The number of rotatable bonds is 1. The summed E-state index contributed by atoms with van der Waals surface area (Å²) in [6.45, 7) is 1.34. The molecule has 0 aromatic heterocycles. The second kappa shape index (κ2) is 1.80. The van der Waals surface area contributed by atoms with E-state index in [-0.39, 0.29) is 5.41 Å². The van der Waals surface area contributed by atoms with E-state index in [9.17, 15) is 4.79 Å². The first-order chi connectivity index (χ1) is 4.77. The summed E-state index contributed by atoms with van der Waals surface area (Å²) in [5.41, 5.74) is 5.37. The van der Waals surface area contributed by atoms with E-state index in [0.29, 0.717) is 24.8 Å². The van der Waals surface area contributed by atoms with Crippen molar-refractivity contribution in [3.05, 3.63) is 0 Å². The summed E-state index contributed by atoms with van der Waals surface area (Å²) < 4.78 is 0. The van der Waals surface area contributed by atoms with E-state index in [1.807, 2.05) is 0 Å². The third-order valence-corrected chi connectivity index (χ3v) is 2.78. The van der Waals surface area contributed by atoms with Crippen molar-refractivity contribution < 1.29 is 4.79 Å². The van der Waals surface area contributed by atoms with Gasteiger partial charge in [0.05, 0.1) is 5.41 Å². The number of nitrogens with one attached hydrogen (secondary N) is 1. The van der Waals surface area contributed by atoms with Crippen LogP contribution in [0.1, 0.15) is 12.8 Å². The van der Waals surface area contributed by atoms with Gasteiger partial charge in [0, 0.05) is 25.6 Å². The van der Waals surface area contributed by atoms with Crippen LogP contribution in [-0.4, -0.2) is 24.9 Å². The summed E-state index contributed by atoms with van der Waals surface area (Å²) in [4.78, 5) is 11.3. The molecule has 0 amide bonds. The van der Waals surface area contributed by atoms with Gasteiger partial charge >= 0.3 is 0 Å². The highest BCUT2D eigenvalue weighted by atomic mass is 16.1. The Labute approximate surface area is 60.0 Å². The number of carbonyl (C=O) groups excluding carboxylic acids is 1. The van der Waals surface area contributed by atoms with Crippen LogP contribution in [0.15, 0.2) is 0 Å². The summed E-state index contributed by atoms with van der Waals surface area (Å²) in [7, 11) is 0. The lowest BCUT2D eigenvalue weighted by Gasteiger charge is -2.21. The minimum atomic E-state index is -0.162. The molecule has 1 aliphatic heterocycles. The number of Topliss-reactive ketones (excluding diaryl/α,β-unsaturated/α-hetero) is 1. The average Bonchev–Trinajstić information content (AvgIpc) is 2.44. The highest BCUT2D eigenvalue weighted by Crippen LogP contribution is 2.38. The second-order valence-electron chi connectivity index (χ2n) is 3.39. The molecule has 10 heavy (non-hydrogen) atoms. The Morgan fingerprint density at radius 1 is 1.80 bits per heavy atom. The zero-order chi connectivity index (χ0) is 7.19. The van der Waals surface area contributed by atoms with Gasteiger partial charge in [0.25, 0.3) is 0 Å². The van der Waals surface area contributed by atoms with E-state index in [2.05, 4.69) is 5.32 Å². The molecule has 56 valence electrons. The van der Waals surface area contributed by atoms with Crippen LogP contribution in [0.25, 0.3) is 0 Å². The minimum absolute atomic E-state index is 0.162. The number of nitrogens with two attached hydrogens (primary N) is 1. The van der Waals surface area contributed by atoms with Gasteiger partial charge in [-0.25, -0.2) is 0 Å². The summed E-state index contributed by atoms with van der Waals surface area (Å²) in [6.07, 6.45) is 1.68. The molecular weight excluding hydrogens is 128 g/mol. The van der Waals surface area contributed by atoms with Crippen LogP contribution in [0.4, 0.5) is 0 Å². The standard InChI is InChI=1S/C7H12N2O/c8-3-7-2-5(9-4-7)1-6(7)10/h5,9H,1-4,8H2. The van der Waals surface area contributed by atoms with Crippen molar-refractivity contribution in [1.29, 1.82) is 0 Å². The van der Waals surface area contributed by atoms with Crippen LogP contribution in [0.2, 0.25) is 0 Å². The summed E-state index contributed by atoms with van der Waals surface area (Å²) in [5.74, 6) is 0.374. The van der Waals surface area contributed by atoms with Crippen LogP contribution < -0.4 is 11.1 Å². The summed E-state index contributed by atoms with van der Waals surface area (Å²) in [5, 5.41) is 3.28. The second-order valence-corrected chi connectivity index (χ2v) is 3.39. The quantitative estimate of drug-likeness (QED) is 0.504. The molecule has 2 atom stereocenters. The molecule has 2 rings (SSSR count). The molecule has 0 aromatic carbocycles. The molecule has 0 radical (unpaired) electrons. The molecule has 2 unspecified atom stereocenters. The van der Waals surface area contributed by atoms with Crippen molar-refractivity contribution in [2.75, 3.05) is 13.1 Å². The van der Waals surface area contributed by atoms with Crippen molar-refractivity contribution in [2.24, 2.45) is 11.1 Å². The van der Waals surface area contributed by atoms with Gasteiger partial charge in [-0.15, -0.1) is 0 Å². The van der Waals surface area contributed by atoms with Gasteiger partial charge in [0.2, 0.25) is 0 Å². The van der Waals surface area contributed by atoms with Crippen molar-refractivity contribution >= 4 is 5.78 Å². The summed E-state index contributed by atoms with van der Waals surface area (Å²) >= 11 is 0. The van der Waals surface area contributed by atoms with Crippen LogP contribution in [0, 0.1) is 5.41 Å². The average molecular weight is 140 g/mol. The molecule has 2 bridgehead atoms. The zero-order valence-corrected chi connectivity index (χ0v) is 5.89. The van der Waals surface area contributed by atoms with Gasteiger partial charge in [0.15, 0.2) is 0 Å². The Kier molecular flexibility index (Phi) is 1.13. The highest BCUT2D eigenvalue weighted by molar-refractivity contribution is 5.89. The van der Waals surface area contributed by atoms with Gasteiger partial charge in [0.1, 0.15) is 5.78 Å². The topological polar surface area (TPSA) is 55.1 Å². The van der Waals surface area contributed by atoms with Crippen LogP contribution in [0.3, 0.4) is 0 Å². The normalized spacial score (nSPS) is 44.9. The number of fused-ring (bicyclic) bond motifs is 2. The van der Waals surface area contributed by atoms with E-state index in [4.69, 9.17) is 5.73 Å². The first-order valence-electron chi connectivity index (χ1n) is 3.74. The van der Waals surface area contributed by atoms with Crippen molar-refractivity contribution in [2.45, 2.75) is 18.9 Å². The van der Waals surface area contributed by atoms with E-state index in [1.54, 1.807) is 0 Å². The van der Waals surface area contributed by atoms with Crippen LogP contribution >= 0.6 is 0 Å². The smallest absolute Gasteiger partial charge is 0.143 e. The highest BCUT2D eigenvalue weighted by Gasteiger charge is 2.50. The van der Waals surface area contributed by atoms with Crippen LogP contribution in [-0.2, 0) is 4.79 Å². The lowest BCUT2D eigenvalue weighted by atomic mass is 9.87. The molecule has 0 aromatic rings. The van der Waals surface area contributed by atoms with E-state index in [1.165, 1.54) is 0 Å². The molecule has 1 heterocycles. The molecule has 0 spiro atoms. The maximum atomic E-state index is 11.3. The zero-order valence-electron chi connectivity index (χ0n) is 5.89. The molecule has 3 nitrogen and oxygen atoms in total. The first kappa shape index (κ1) is 6.31. The third-order valence-electron chi connectivity index (χ3n) is 2.78. The monoisotopic (exact) mass is 140 g/mol. The maximum Gasteiger partial charge on any atom is 0.143 e. The van der Waals surface area contributed by atoms with Crippen LogP contribution in [0.5, 0.6) is 0 Å². The Bertz CT molecular complexity index is 180. The molecule has 1 saturated heterocycles. The molecule has 2 aliphatic rings. The van der Waals surface area contributed by atoms with Gasteiger partial charge in [-0.3, -0.25) is 4.79 Å². The fourth-order valence-corrected chi connectivity index (χ4v) is 2.02. The first-order valence-corrected chi connectivity index (χ1v) is 3.74. The minimum Gasteiger partial charge on any atom is -0.329 e. The Morgan fingerprint density at radius 2 is 2.60 bits per heavy atom. The fourth-order valence-electron chi connectivity index (χ4n) is 2.02. The summed E-state index contributed by atoms with van der Waals surface area (Å²) in [6, 6.07) is 0.441. The lowest BCUT2D eigenvalue weighted by Crippen LogP contribution is -2.42. The number of carbonyl (C=O) groups is 1. The van der Waals surface area contributed by atoms with Crippen molar-refractivity contribution in [1.82, 2.24) is 5.32 Å². The van der Waals surface area contributed by atoms with Crippen molar-refractivity contribution in [3.8, 4) is 0 Å². The third kappa shape index (κ3) is 0.592. The largest absolute Gasteiger partial charge is 0.329 e. The number of ketones is 1. The molecule has 1 aliphatic carbocycles. The molecule has 3 N–H and O–H groups in total. The molecular formula is C7H12N2O. The molecule has 1 saturated carbocycles. The van der Waals surface area contributed by atoms with Crippen molar-refractivity contribution in [3.63, 3.8) is 0 Å². The molecule has 3 heteroatoms. The van der Waals surface area contributed by atoms with Gasteiger partial charge in [-0.05, 0) is 6.42 Å². The van der Waals surface area contributed by atoms with Gasteiger partial charge in [-0.1, -0.05) is 0 Å². The Hall–Kier alpha value is -0.410. The van der Waals surface area contributed by atoms with E-state index >= 15 is 0 Å². The van der Waals surface area contributed by atoms with Gasteiger partial charge < -0.3 is 11.1 Å². The fraction of sp³-hybridized carbons (Fsp3) is 0.857. The number of piperidine rings is 1. The number of hydrogen-bond donors (Lipinski definition) is 2. The Morgan fingerprint density at radius 3 is 2.90 bits per heavy atom. The lowest BCUT2D eigenvalue weighted by molar-refractivity contribution is -0.125. The van der Waals surface area contributed by atoms with E-state index in [0.717, 1.165) is 13.0 Å². The number of hydrogen-bond acceptors (Lipinski definition) is 3. The van der Waals surface area contributed by atoms with Gasteiger partial charge in [-0.2, -0.15) is 0 Å². The van der Waals surface area contributed by atoms with E-state index < -0.39 is 0 Å². The maximum absolute atomic E-state index is 11.3. The molecule has 2 fully saturated rings. The Balaban J connectivity index is 2.27. The SMILES string of the molecule is NCC12CNC(CC1=O)C2.